The van der Waals surface area contributed by atoms with Crippen molar-refractivity contribution in [2.45, 2.75) is 18.8 Å². The molecule has 0 aromatic heterocycles. The number of amides is 2. The number of fused-ring (bicyclic) bond motifs is 2. The molecular formula is C24H14ClF6NO6. The Kier molecular flexibility index (Phi) is 6.91. The lowest BCUT2D eigenvalue weighted by Crippen LogP contribution is -2.30. The Balaban J connectivity index is 1.93. The molecule has 0 bridgehead atoms. The molecule has 0 fully saturated rings. The summed E-state index contributed by atoms with van der Waals surface area (Å²) in [6.07, 6.45) is -10.2. The minimum absolute atomic E-state index is 0.196. The number of hydrogen-bond acceptors (Lipinski definition) is 5. The van der Waals surface area contributed by atoms with Gasteiger partial charge >= 0.3 is 18.3 Å². The molecule has 1 aliphatic heterocycles. The molecule has 1 N–H and O–H groups in total. The van der Waals surface area contributed by atoms with Gasteiger partial charge in [0.15, 0.2) is 13.2 Å². The molecule has 1 aliphatic rings. The van der Waals surface area contributed by atoms with Crippen LogP contribution in [0, 0.1) is 0 Å². The lowest BCUT2D eigenvalue weighted by atomic mass is 9.99. The normalized spacial score (nSPS) is 13.7. The van der Waals surface area contributed by atoms with Crippen LogP contribution in [0.3, 0.4) is 0 Å². The van der Waals surface area contributed by atoms with E-state index in [2.05, 4.69) is 0 Å². The summed E-state index contributed by atoms with van der Waals surface area (Å²) in [5.41, 5.74) is -1.54. The van der Waals surface area contributed by atoms with Gasteiger partial charge in [0, 0.05) is 10.8 Å². The van der Waals surface area contributed by atoms with Crippen molar-refractivity contribution in [3.05, 3.63) is 64.2 Å². The number of anilines is 1. The number of hydrogen-bond donors (Lipinski definition) is 1. The van der Waals surface area contributed by atoms with Crippen molar-refractivity contribution < 1.29 is 55.3 Å². The Morgan fingerprint density at radius 1 is 0.842 bits per heavy atom. The van der Waals surface area contributed by atoms with Crippen LogP contribution in [0.2, 0.25) is 5.02 Å². The zero-order valence-electron chi connectivity index (χ0n) is 18.7. The molecule has 38 heavy (non-hydrogen) atoms. The molecule has 0 saturated heterocycles. The van der Waals surface area contributed by atoms with E-state index in [4.69, 9.17) is 26.2 Å². The number of halogens is 7. The summed E-state index contributed by atoms with van der Waals surface area (Å²) in [6.45, 7) is -3.73. The zero-order chi connectivity index (χ0) is 28.0. The number of ether oxygens (including phenoxy) is 2. The van der Waals surface area contributed by atoms with Crippen molar-refractivity contribution in [2.75, 3.05) is 18.1 Å². The molecule has 14 heteroatoms. The van der Waals surface area contributed by atoms with Gasteiger partial charge in [0.2, 0.25) is 0 Å². The van der Waals surface area contributed by atoms with Crippen LogP contribution in [0.25, 0.3) is 10.8 Å². The highest BCUT2D eigenvalue weighted by atomic mass is 35.5. The molecule has 2 amide bonds. The highest BCUT2D eigenvalue weighted by Gasteiger charge is 2.45. The Morgan fingerprint density at radius 2 is 1.32 bits per heavy atom. The number of carboxylic acids is 1. The van der Waals surface area contributed by atoms with Crippen LogP contribution < -0.4 is 14.4 Å². The van der Waals surface area contributed by atoms with Gasteiger partial charge in [0.1, 0.15) is 11.5 Å². The molecule has 1 heterocycles. The van der Waals surface area contributed by atoms with Crippen molar-refractivity contribution in [1.82, 2.24) is 0 Å². The summed E-state index contributed by atoms with van der Waals surface area (Å²) in [5.74, 6) is -4.99. The van der Waals surface area contributed by atoms with E-state index in [9.17, 15) is 40.7 Å². The lowest BCUT2D eigenvalue weighted by Gasteiger charge is -2.18. The Hall–Kier alpha value is -4.00. The molecular weight excluding hydrogens is 548 g/mol. The average Bonchev–Trinajstić information content (AvgIpc) is 3.05. The molecule has 0 unspecified atom stereocenters. The van der Waals surface area contributed by atoms with Crippen molar-refractivity contribution in [2.24, 2.45) is 0 Å². The first kappa shape index (κ1) is 27.0. The predicted octanol–water partition coefficient (Wildman–Crippen LogP) is 5.80. The minimum atomic E-state index is -4.85. The van der Waals surface area contributed by atoms with Gasteiger partial charge in [-0.05, 0) is 17.7 Å². The summed E-state index contributed by atoms with van der Waals surface area (Å²) in [6, 6.07) is 8.64. The first-order valence-electron chi connectivity index (χ1n) is 10.5. The van der Waals surface area contributed by atoms with Crippen LogP contribution in [-0.2, 0) is 11.2 Å². The molecule has 0 radical (unpaired) electrons. The van der Waals surface area contributed by atoms with E-state index in [0.717, 1.165) is 12.1 Å². The van der Waals surface area contributed by atoms with Crippen molar-refractivity contribution >= 4 is 45.8 Å². The summed E-state index contributed by atoms with van der Waals surface area (Å²) in [7, 11) is 0. The molecule has 200 valence electrons. The number of carboxylic acid groups (broad SMARTS) is 1. The topological polar surface area (TPSA) is 93.1 Å². The van der Waals surface area contributed by atoms with Gasteiger partial charge in [-0.3, -0.25) is 14.4 Å². The third-order valence-electron chi connectivity index (χ3n) is 5.32. The van der Waals surface area contributed by atoms with Gasteiger partial charge in [0.25, 0.3) is 11.8 Å². The van der Waals surface area contributed by atoms with Gasteiger partial charge in [-0.2, -0.15) is 26.3 Å². The quantitative estimate of drug-likeness (QED) is 0.289. The van der Waals surface area contributed by atoms with Crippen molar-refractivity contribution in [1.29, 1.82) is 0 Å². The van der Waals surface area contributed by atoms with E-state index in [1.165, 1.54) is 30.3 Å². The summed E-state index contributed by atoms with van der Waals surface area (Å²) < 4.78 is 88.0. The minimum Gasteiger partial charge on any atom is -0.483 e. The molecule has 0 spiro atoms. The summed E-state index contributed by atoms with van der Waals surface area (Å²) >= 11 is 6.19. The van der Waals surface area contributed by atoms with Crippen molar-refractivity contribution in [3.8, 4) is 11.5 Å². The summed E-state index contributed by atoms with van der Waals surface area (Å²) in [5, 5.41) is 8.30. The fraction of sp³-hybridized carbons (Fsp3) is 0.208. The second-order valence-corrected chi connectivity index (χ2v) is 8.47. The highest BCUT2D eigenvalue weighted by molar-refractivity contribution is 6.41. The maximum atomic E-state index is 13.5. The van der Waals surface area contributed by atoms with E-state index >= 15 is 0 Å². The fourth-order valence-corrected chi connectivity index (χ4v) is 4.23. The Bertz CT molecular complexity index is 1390. The van der Waals surface area contributed by atoms with E-state index < -0.39 is 72.4 Å². The number of rotatable bonds is 7. The molecule has 3 aromatic rings. The lowest BCUT2D eigenvalue weighted by molar-refractivity contribution is -0.154. The molecule has 3 aromatic carbocycles. The number of benzene rings is 3. The number of aliphatic carboxylic acids is 1. The van der Waals surface area contributed by atoms with E-state index in [1.807, 2.05) is 0 Å². The van der Waals surface area contributed by atoms with Gasteiger partial charge in [-0.1, -0.05) is 41.9 Å². The zero-order valence-corrected chi connectivity index (χ0v) is 19.5. The van der Waals surface area contributed by atoms with Crippen LogP contribution >= 0.6 is 11.6 Å². The monoisotopic (exact) mass is 561 g/mol. The van der Waals surface area contributed by atoms with Crippen LogP contribution in [0.4, 0.5) is 32.0 Å². The number of carbonyl (C=O) groups is 3. The third kappa shape index (κ3) is 5.32. The van der Waals surface area contributed by atoms with E-state index in [1.54, 1.807) is 0 Å². The smallest absolute Gasteiger partial charge is 0.422 e. The van der Waals surface area contributed by atoms with Crippen LogP contribution in [0.1, 0.15) is 26.3 Å². The highest BCUT2D eigenvalue weighted by Crippen LogP contribution is 2.47. The number of alkyl halides is 6. The van der Waals surface area contributed by atoms with Gasteiger partial charge in [0.05, 0.1) is 28.3 Å². The third-order valence-corrected chi connectivity index (χ3v) is 5.63. The van der Waals surface area contributed by atoms with Gasteiger partial charge in [-0.15, -0.1) is 0 Å². The summed E-state index contributed by atoms with van der Waals surface area (Å²) in [4.78, 5) is 38.4. The number of imide groups is 1. The largest absolute Gasteiger partial charge is 0.483 e. The predicted molar refractivity (Wildman–Crippen MR) is 121 cm³/mol. The molecule has 0 aliphatic carbocycles. The molecule has 7 nitrogen and oxygen atoms in total. The maximum absolute atomic E-state index is 13.5. The molecule has 0 saturated carbocycles. The van der Waals surface area contributed by atoms with Crippen LogP contribution in [-0.4, -0.2) is 48.5 Å². The first-order chi connectivity index (χ1) is 17.7. The Labute approximate surface area is 214 Å². The number of carbonyl (C=O) groups excluding carboxylic acids is 2. The van der Waals surface area contributed by atoms with Crippen molar-refractivity contribution in [3.63, 3.8) is 0 Å². The van der Waals surface area contributed by atoms with E-state index in [-0.39, 0.29) is 27.0 Å². The molecule has 4 rings (SSSR count). The number of nitrogens with zero attached hydrogens (tertiary/aromatic N) is 1. The second kappa shape index (κ2) is 9.71. The first-order valence-corrected chi connectivity index (χ1v) is 10.9. The fourth-order valence-electron chi connectivity index (χ4n) is 3.94. The second-order valence-electron chi connectivity index (χ2n) is 8.06. The SMILES string of the molecule is O=C(O)Cc1ccc(N2C(=O)c3c(c(OCC(F)(F)F)c4ccccc4c3OCC(F)(F)F)C2=O)c(Cl)c1. The molecule has 0 atom stereocenters. The maximum Gasteiger partial charge on any atom is 0.422 e. The van der Waals surface area contributed by atoms with Crippen LogP contribution in [0.5, 0.6) is 11.5 Å². The standard InChI is InChI=1S/C24H14ClF6NO6/c25-14-7-11(8-16(33)34)5-6-15(14)32-21(35)17-18(22(32)36)20(38-10-24(29,30)31)13-4-2-1-3-12(13)19(17)37-9-23(26,27)28/h1-7H,8-10H2,(H,33,34). The van der Waals surface area contributed by atoms with Crippen LogP contribution in [0.15, 0.2) is 42.5 Å². The van der Waals surface area contributed by atoms with Gasteiger partial charge < -0.3 is 14.6 Å². The Morgan fingerprint density at radius 3 is 1.71 bits per heavy atom. The average molecular weight is 562 g/mol. The van der Waals surface area contributed by atoms with E-state index in [0.29, 0.717) is 4.90 Å². The van der Waals surface area contributed by atoms with Gasteiger partial charge in [-0.25, -0.2) is 4.90 Å².